The van der Waals surface area contributed by atoms with E-state index in [0.717, 1.165) is 72.8 Å². The lowest BCUT2D eigenvalue weighted by Gasteiger charge is -2.32. The summed E-state index contributed by atoms with van der Waals surface area (Å²) in [4.78, 5) is 4.79. The minimum absolute atomic E-state index is 0.131. The summed E-state index contributed by atoms with van der Waals surface area (Å²) in [5.41, 5.74) is 27.7. The molecule has 0 fully saturated rings. The van der Waals surface area contributed by atoms with Crippen molar-refractivity contribution in [2.24, 2.45) is 0 Å². The fourth-order valence-electron chi connectivity index (χ4n) is 14.0. The van der Waals surface area contributed by atoms with E-state index in [-0.39, 0.29) is 5.41 Å². The molecule has 1 spiro atoms. The van der Waals surface area contributed by atoms with Gasteiger partial charge in [0.05, 0.1) is 11.1 Å². The smallest absolute Gasteiger partial charge is 0.159 e. The maximum absolute atomic E-state index is 6.93. The molecule has 0 saturated heterocycles. The van der Waals surface area contributed by atoms with E-state index in [0.29, 0.717) is 0 Å². The van der Waals surface area contributed by atoms with E-state index >= 15 is 0 Å². The number of anilines is 6. The second kappa shape index (κ2) is 17.3. The molecule has 1 aromatic heterocycles. The molecule has 1 unspecified atom stereocenters. The van der Waals surface area contributed by atoms with Gasteiger partial charge >= 0.3 is 0 Å². The zero-order valence-electron chi connectivity index (χ0n) is 43.9. The van der Waals surface area contributed by atoms with E-state index in [9.17, 15) is 0 Å². The molecule has 13 aromatic rings. The third-order valence-electron chi connectivity index (χ3n) is 17.4. The van der Waals surface area contributed by atoms with Crippen LogP contribution in [0, 0.1) is 0 Å². The van der Waals surface area contributed by atoms with E-state index in [1.54, 1.807) is 0 Å². The van der Waals surface area contributed by atoms with Crippen molar-refractivity contribution in [2.75, 3.05) is 9.80 Å². The highest BCUT2D eigenvalue weighted by Gasteiger charge is 2.53. The van der Waals surface area contributed by atoms with E-state index in [4.69, 9.17) is 4.42 Å². The van der Waals surface area contributed by atoms with Crippen LogP contribution in [0.3, 0.4) is 0 Å². The van der Waals surface area contributed by atoms with Gasteiger partial charge in [-0.25, -0.2) is 0 Å². The van der Waals surface area contributed by atoms with Crippen molar-refractivity contribution in [3.63, 3.8) is 0 Å². The summed E-state index contributed by atoms with van der Waals surface area (Å²) >= 11 is 0. The molecule has 0 aliphatic heterocycles. The van der Waals surface area contributed by atoms with Crippen molar-refractivity contribution in [1.82, 2.24) is 0 Å². The monoisotopic (exact) mass is 1010 g/mol. The summed E-state index contributed by atoms with van der Waals surface area (Å²) in [6, 6.07) is 103. The lowest BCUT2D eigenvalue weighted by Crippen LogP contribution is -2.26. The van der Waals surface area contributed by atoms with Gasteiger partial charge < -0.3 is 14.2 Å². The van der Waals surface area contributed by atoms with Gasteiger partial charge in [-0.3, -0.25) is 0 Å². The van der Waals surface area contributed by atoms with Crippen LogP contribution in [0.25, 0.3) is 77.6 Å². The number of rotatable bonds is 8. The van der Waals surface area contributed by atoms with Crippen LogP contribution in [-0.2, 0) is 10.8 Å². The molecule has 3 aliphatic rings. The third kappa shape index (κ3) is 6.60. The highest BCUT2D eigenvalue weighted by Crippen LogP contribution is 2.66. The van der Waals surface area contributed by atoms with Crippen molar-refractivity contribution in [3.05, 3.63) is 312 Å². The Kier molecular flexibility index (Phi) is 9.90. The highest BCUT2D eigenvalue weighted by atomic mass is 16.3. The molecule has 1 heterocycles. The number of hydrogen-bond acceptors (Lipinski definition) is 3. The fraction of sp³-hybridized carbons (Fsp3) is 0.0526. The number of hydrogen-bond donors (Lipinski definition) is 0. The molecular weight excluding hydrogens is 957 g/mol. The van der Waals surface area contributed by atoms with Crippen molar-refractivity contribution >= 4 is 56.1 Å². The van der Waals surface area contributed by atoms with Crippen LogP contribution in [-0.4, -0.2) is 0 Å². The molecule has 0 N–H and O–H groups in total. The number of fused-ring (bicyclic) bond motifs is 17. The minimum Gasteiger partial charge on any atom is -0.454 e. The Bertz CT molecular complexity index is 4530. The summed E-state index contributed by atoms with van der Waals surface area (Å²) in [7, 11) is 0. The maximum Gasteiger partial charge on any atom is 0.159 e. The summed E-state index contributed by atoms with van der Waals surface area (Å²) in [6.07, 6.45) is 0. The Morgan fingerprint density at radius 3 is 1.52 bits per heavy atom. The van der Waals surface area contributed by atoms with Gasteiger partial charge in [0, 0.05) is 44.6 Å². The van der Waals surface area contributed by atoms with E-state index in [2.05, 4.69) is 303 Å². The van der Waals surface area contributed by atoms with Crippen LogP contribution < -0.4 is 9.80 Å². The van der Waals surface area contributed by atoms with Crippen LogP contribution >= 0.6 is 0 Å². The van der Waals surface area contributed by atoms with E-state index in [1.807, 2.05) is 0 Å². The summed E-state index contributed by atoms with van der Waals surface area (Å²) in [5, 5.41) is 2.16. The number of nitrogens with zero attached hydrogens (tertiary/aromatic N) is 2. The van der Waals surface area contributed by atoms with Crippen molar-refractivity contribution < 1.29 is 4.42 Å². The van der Waals surface area contributed by atoms with Gasteiger partial charge in [-0.05, 0) is 162 Å². The number of benzene rings is 12. The van der Waals surface area contributed by atoms with Crippen LogP contribution in [0.2, 0.25) is 0 Å². The standard InChI is InChI=1S/C76H52N2O/c1-75(2)64-32-16-13-29-62(64)72-67(75)43-44-68-73(72)63-30-14-18-34-66(63)76(68)65-33-17-12-27-58(65)59-42-39-51(47-69(59)76)52-45-56(77(53-23-8-4-9-24-53)54-25-10-5-11-26-54)48-57(46-52)78(55-40-37-50(38-41-55)49-21-6-3-7-22-49)70-35-20-31-61-60-28-15-19-36-71(60)79-74(61)70/h3-48H,1-2H3. The molecule has 0 radical (unpaired) electrons. The van der Waals surface area contributed by atoms with Crippen LogP contribution in [0.15, 0.2) is 283 Å². The zero-order chi connectivity index (χ0) is 52.4. The molecule has 3 nitrogen and oxygen atoms in total. The third-order valence-corrected chi connectivity index (χ3v) is 17.4. The zero-order valence-corrected chi connectivity index (χ0v) is 43.9. The second-order valence-electron chi connectivity index (χ2n) is 21.9. The average Bonchev–Trinajstić information content (AvgIpc) is 4.35. The maximum atomic E-state index is 6.93. The Hall–Kier alpha value is -9.96. The van der Waals surface area contributed by atoms with Gasteiger partial charge in [0.25, 0.3) is 0 Å². The van der Waals surface area contributed by atoms with Crippen LogP contribution in [0.4, 0.5) is 34.1 Å². The summed E-state index contributed by atoms with van der Waals surface area (Å²) in [5.74, 6) is 0. The van der Waals surface area contributed by atoms with Crippen molar-refractivity contribution in [3.8, 4) is 55.6 Å². The largest absolute Gasteiger partial charge is 0.454 e. The lowest BCUT2D eigenvalue weighted by atomic mass is 9.69. The average molecular weight is 1010 g/mol. The summed E-state index contributed by atoms with van der Waals surface area (Å²) < 4.78 is 6.93. The topological polar surface area (TPSA) is 19.6 Å². The van der Waals surface area contributed by atoms with Crippen LogP contribution in [0.1, 0.15) is 47.2 Å². The Labute approximate surface area is 460 Å². The normalized spacial score (nSPS) is 14.9. The van der Waals surface area contributed by atoms with Crippen molar-refractivity contribution in [2.45, 2.75) is 24.7 Å². The predicted molar refractivity (Wildman–Crippen MR) is 328 cm³/mol. The molecule has 0 amide bonds. The first kappa shape index (κ1) is 45.3. The van der Waals surface area contributed by atoms with Gasteiger partial charge in [0.2, 0.25) is 0 Å². The van der Waals surface area contributed by atoms with Gasteiger partial charge in [-0.2, -0.15) is 0 Å². The minimum atomic E-state index is -0.561. The van der Waals surface area contributed by atoms with Gasteiger partial charge in [-0.1, -0.05) is 220 Å². The van der Waals surface area contributed by atoms with Gasteiger partial charge in [-0.15, -0.1) is 0 Å². The molecule has 16 rings (SSSR count). The molecular formula is C76H52N2O. The molecule has 3 aliphatic carbocycles. The first-order chi connectivity index (χ1) is 38.9. The van der Waals surface area contributed by atoms with E-state index in [1.165, 1.54) is 72.3 Å². The van der Waals surface area contributed by atoms with Crippen molar-refractivity contribution in [1.29, 1.82) is 0 Å². The SMILES string of the molecule is CC1(C)c2ccccc2-c2c1ccc1c2-c2ccccc2C12c1ccccc1-c1ccc(-c3cc(N(c4ccccc4)c4ccccc4)cc(N(c4ccc(-c5ccccc5)cc4)c4cccc5c4oc4ccccc45)c3)cc12. The number of para-hydroxylation sites is 4. The Morgan fingerprint density at radius 2 is 0.797 bits per heavy atom. The summed E-state index contributed by atoms with van der Waals surface area (Å²) in [6.45, 7) is 4.79. The van der Waals surface area contributed by atoms with Crippen LogP contribution in [0.5, 0.6) is 0 Å². The van der Waals surface area contributed by atoms with Gasteiger partial charge in [0.15, 0.2) is 5.58 Å². The second-order valence-corrected chi connectivity index (χ2v) is 21.9. The number of furan rings is 1. The first-order valence-corrected chi connectivity index (χ1v) is 27.5. The highest BCUT2D eigenvalue weighted by molar-refractivity contribution is 6.11. The molecule has 372 valence electrons. The van der Waals surface area contributed by atoms with Gasteiger partial charge in [0.1, 0.15) is 5.58 Å². The molecule has 0 bridgehead atoms. The first-order valence-electron chi connectivity index (χ1n) is 27.5. The fourth-order valence-corrected chi connectivity index (χ4v) is 14.0. The molecule has 79 heavy (non-hydrogen) atoms. The Balaban J connectivity index is 0.968. The Morgan fingerprint density at radius 1 is 0.291 bits per heavy atom. The molecule has 1 atom stereocenters. The molecule has 0 saturated carbocycles. The molecule has 12 aromatic carbocycles. The lowest BCUT2D eigenvalue weighted by molar-refractivity contribution is 0.660. The van der Waals surface area contributed by atoms with E-state index < -0.39 is 5.41 Å². The predicted octanol–water partition coefficient (Wildman–Crippen LogP) is 20.5. The molecule has 3 heteroatoms. The quantitative estimate of drug-likeness (QED) is 0.151.